The summed E-state index contributed by atoms with van der Waals surface area (Å²) in [4.78, 5) is 16.2. The fourth-order valence-corrected chi connectivity index (χ4v) is 0. The molecule has 0 aromatic heterocycles. The van der Waals surface area contributed by atoms with E-state index in [0.29, 0.717) is 0 Å². The monoisotopic (exact) mass is 225 g/mol. The van der Waals surface area contributed by atoms with Crippen LogP contribution in [0.2, 0.25) is 0 Å². The second-order valence-electron chi connectivity index (χ2n) is 0.0833. The van der Waals surface area contributed by atoms with Gasteiger partial charge in [-0.05, 0) is 0 Å². The summed E-state index contributed by atoms with van der Waals surface area (Å²) in [6, 6.07) is 0. The van der Waals surface area contributed by atoms with Crippen LogP contribution in [0.4, 0.5) is 0 Å². The molecule has 0 amide bonds. The van der Waals surface area contributed by atoms with Gasteiger partial charge in [-0.25, -0.2) is 0 Å². The van der Waals surface area contributed by atoms with Crippen LogP contribution in [0.1, 0.15) is 0 Å². The number of carbonyl (C=O) groups excluding carboxylic acids is 2. The summed E-state index contributed by atoms with van der Waals surface area (Å²) in [5, 5.41) is 0. The first-order chi connectivity index (χ1) is 1.41. The Bertz CT molecular complexity index is 30.6. The van der Waals surface area contributed by atoms with Crippen LogP contribution in [-0.4, -0.2) is 32.0 Å². The van der Waals surface area contributed by atoms with Crippen LogP contribution in [0.3, 0.4) is 0 Å². The molecule has 0 aliphatic heterocycles. The Morgan fingerprint density at radius 1 is 1.20 bits per heavy atom. The van der Waals surface area contributed by atoms with Crippen LogP contribution in [0.15, 0.2) is 0 Å². The van der Waals surface area contributed by atoms with E-state index in [1.54, 1.807) is 0 Å². The molecule has 2 nitrogen and oxygen atoms in total. The second kappa shape index (κ2) is 21.6. The molecule has 0 atom stereocenters. The molecule has 0 bridgehead atoms. The molecule has 33 valence electrons. The predicted molar refractivity (Wildman–Crippen MR) is 14.9 cm³/mol. The molecule has 0 N–H and O–H groups in total. The van der Waals surface area contributed by atoms with Crippen molar-refractivity contribution in [1.29, 1.82) is 0 Å². The number of hydrogen-bond acceptors (Lipinski definition) is 2. The molecule has 4 heteroatoms. The van der Waals surface area contributed by atoms with Gasteiger partial charge in [0.05, 0.1) is 0 Å². The summed E-state index contributed by atoms with van der Waals surface area (Å²) in [5.41, 5.74) is 0. The summed E-state index contributed by atoms with van der Waals surface area (Å²) in [6.45, 7) is 0. The van der Waals surface area contributed by atoms with E-state index in [2.05, 4.69) is 0 Å². The Labute approximate surface area is 58.6 Å². The van der Waals surface area contributed by atoms with Crippen molar-refractivity contribution in [3.05, 3.63) is 0 Å². The Morgan fingerprint density at radius 3 is 1.20 bits per heavy atom. The van der Waals surface area contributed by atoms with E-state index < -0.39 is 0 Å². The van der Waals surface area contributed by atoms with Crippen LogP contribution in [0.25, 0.3) is 0 Å². The van der Waals surface area contributed by atoms with Crippen molar-refractivity contribution in [3.8, 4) is 0 Å². The van der Waals surface area contributed by atoms with E-state index in [1.165, 1.54) is 0 Å². The fourth-order valence-electron chi connectivity index (χ4n) is 0. The molecule has 0 rings (SSSR count). The van der Waals surface area contributed by atoms with Crippen LogP contribution in [-0.2, 0) is 26.7 Å². The van der Waals surface area contributed by atoms with E-state index >= 15 is 0 Å². The molecule has 0 spiro atoms. The standard InChI is InChI=1S/CO2.Cu.In.3H/c2-1-3;;;;;. The fraction of sp³-hybridized carbons (Fsp3) is 0. The number of rotatable bonds is 0. The van der Waals surface area contributed by atoms with Gasteiger partial charge in [0.1, 0.15) is 0 Å². The minimum atomic E-state index is 0. The Kier molecular flexibility index (Phi) is 74.1. The van der Waals surface area contributed by atoms with Gasteiger partial charge in [-0.2, -0.15) is 9.59 Å². The molecule has 0 aliphatic rings. The van der Waals surface area contributed by atoms with Gasteiger partial charge in [0, 0.05) is 17.1 Å². The third kappa shape index (κ3) is 61.8. The van der Waals surface area contributed by atoms with Crippen molar-refractivity contribution in [1.82, 2.24) is 0 Å². The van der Waals surface area contributed by atoms with Gasteiger partial charge in [0.15, 0.2) is 0 Å². The topological polar surface area (TPSA) is 34.1 Å². The zero-order valence-corrected chi connectivity index (χ0v) is 2.56. The summed E-state index contributed by atoms with van der Waals surface area (Å²) in [5.74, 6) is 0. The van der Waals surface area contributed by atoms with E-state index in [4.69, 9.17) is 9.59 Å². The maximum absolute atomic E-state index is 8.12. The third-order valence-electron chi connectivity index (χ3n) is 0. The van der Waals surface area contributed by atoms with Crippen molar-refractivity contribution < 1.29 is 26.7 Å². The van der Waals surface area contributed by atoms with Gasteiger partial charge in [-0.3, -0.25) is 0 Å². The summed E-state index contributed by atoms with van der Waals surface area (Å²) in [6.07, 6.45) is 0.250. The molecule has 0 unspecified atom stereocenters. The van der Waals surface area contributed by atoms with Crippen molar-refractivity contribution in [2.75, 3.05) is 0 Å². The van der Waals surface area contributed by atoms with E-state index in [-0.39, 0.29) is 49.1 Å². The number of hydrogen-bond donors (Lipinski definition) is 0. The van der Waals surface area contributed by atoms with Crippen molar-refractivity contribution in [2.45, 2.75) is 0 Å². The van der Waals surface area contributed by atoms with Crippen molar-refractivity contribution in [3.63, 3.8) is 0 Å². The molecule has 0 saturated carbocycles. The van der Waals surface area contributed by atoms with Gasteiger partial charge >= 0.3 is 32.0 Å². The molecular formula is CH3CuInO2. The molecule has 0 aliphatic carbocycles. The molecule has 5 heavy (non-hydrogen) atoms. The molecule has 0 aromatic rings. The molecule has 0 heterocycles. The Balaban J connectivity index is -0.0000000200. The summed E-state index contributed by atoms with van der Waals surface area (Å²) < 4.78 is 0. The first-order valence-corrected chi connectivity index (χ1v) is 0.408. The average molecular weight is 225 g/mol. The molecule has 0 fully saturated rings. The van der Waals surface area contributed by atoms with Crippen LogP contribution >= 0.6 is 0 Å². The zero-order valence-electron chi connectivity index (χ0n) is 1.62. The normalized spacial score (nSPS) is 1.60. The van der Waals surface area contributed by atoms with Crippen molar-refractivity contribution >= 4 is 32.0 Å². The zero-order chi connectivity index (χ0) is 2.71. The van der Waals surface area contributed by atoms with Gasteiger partial charge in [-0.1, -0.05) is 0 Å². The van der Waals surface area contributed by atoms with Gasteiger partial charge in [0.2, 0.25) is 0 Å². The first-order valence-electron chi connectivity index (χ1n) is 0.408. The van der Waals surface area contributed by atoms with E-state index in [9.17, 15) is 0 Å². The average Bonchev–Trinajstić information content (AvgIpc) is 0.918. The molecular weight excluding hydrogens is 222 g/mol. The first kappa shape index (κ1) is 17.1. The second-order valence-corrected chi connectivity index (χ2v) is 0.0833. The van der Waals surface area contributed by atoms with Crippen LogP contribution < -0.4 is 0 Å². The van der Waals surface area contributed by atoms with Crippen LogP contribution in [0, 0.1) is 0 Å². The minimum absolute atomic E-state index is 0. The van der Waals surface area contributed by atoms with Crippen LogP contribution in [0.5, 0.6) is 0 Å². The Hall–Kier alpha value is 0.770. The Morgan fingerprint density at radius 2 is 1.20 bits per heavy atom. The summed E-state index contributed by atoms with van der Waals surface area (Å²) in [7, 11) is 0. The van der Waals surface area contributed by atoms with Gasteiger partial charge in [0.25, 0.3) is 0 Å². The summed E-state index contributed by atoms with van der Waals surface area (Å²) >= 11 is 0. The van der Waals surface area contributed by atoms with Gasteiger partial charge in [-0.15, -0.1) is 0 Å². The molecule has 0 aromatic carbocycles. The predicted octanol–water partition coefficient (Wildman–Crippen LogP) is -1.77. The SMILES string of the molecule is O=C=O.[Cu].[InH3]. The van der Waals surface area contributed by atoms with E-state index in [1.807, 2.05) is 0 Å². The molecule has 0 saturated heterocycles. The maximum atomic E-state index is 8.12. The van der Waals surface area contributed by atoms with Gasteiger partial charge < -0.3 is 0 Å². The third-order valence-corrected chi connectivity index (χ3v) is 0. The molecule has 1 radical (unpaired) electrons. The quantitative estimate of drug-likeness (QED) is 0.457. The van der Waals surface area contributed by atoms with Crippen molar-refractivity contribution in [2.24, 2.45) is 0 Å². The van der Waals surface area contributed by atoms with E-state index in [0.717, 1.165) is 0 Å².